The number of hydrogen-bond donors (Lipinski definition) is 0. The third-order valence-corrected chi connectivity index (χ3v) is 2.40. The Hall–Kier alpha value is -2.70. The van der Waals surface area contributed by atoms with Crippen molar-refractivity contribution >= 4 is 17.6 Å². The molecule has 0 aliphatic heterocycles. The maximum atomic E-state index is 11.3. The molecule has 0 aliphatic rings. The summed E-state index contributed by atoms with van der Waals surface area (Å²) in [5, 5.41) is 10.9. The van der Waals surface area contributed by atoms with Gasteiger partial charge in [-0.2, -0.15) is 0 Å². The van der Waals surface area contributed by atoms with E-state index in [1.807, 2.05) is 0 Å². The predicted octanol–water partition coefficient (Wildman–Crippen LogP) is 1.79. The monoisotopic (exact) mass is 279 g/mol. The molecule has 1 aromatic carbocycles. The lowest BCUT2D eigenvalue weighted by Gasteiger charge is -2.10. The molecule has 20 heavy (non-hydrogen) atoms. The van der Waals surface area contributed by atoms with Gasteiger partial charge in [-0.3, -0.25) is 14.9 Å². The third kappa shape index (κ3) is 3.64. The Labute approximate surface area is 114 Å². The molecule has 0 bridgehead atoms. The zero-order valence-corrected chi connectivity index (χ0v) is 11.0. The highest BCUT2D eigenvalue weighted by atomic mass is 16.6. The van der Waals surface area contributed by atoms with Crippen LogP contribution in [0.25, 0.3) is 0 Å². The van der Waals surface area contributed by atoms with Crippen molar-refractivity contribution in [3.8, 4) is 5.75 Å². The number of para-hydroxylation sites is 1. The Morgan fingerprint density at radius 1 is 1.40 bits per heavy atom. The second-order valence-electron chi connectivity index (χ2n) is 3.89. The van der Waals surface area contributed by atoms with Gasteiger partial charge in [0, 0.05) is 30.5 Å². The highest BCUT2D eigenvalue weighted by Crippen LogP contribution is 2.32. The largest absolute Gasteiger partial charge is 0.466 e. The number of carbonyl (C=O) groups is 2. The van der Waals surface area contributed by atoms with Crippen molar-refractivity contribution in [1.82, 2.24) is 0 Å². The van der Waals surface area contributed by atoms with E-state index < -0.39 is 16.9 Å². The van der Waals surface area contributed by atoms with Gasteiger partial charge in [-0.1, -0.05) is 18.7 Å². The molecule has 0 aromatic heterocycles. The van der Waals surface area contributed by atoms with Crippen molar-refractivity contribution in [1.29, 1.82) is 0 Å². The highest BCUT2D eigenvalue weighted by molar-refractivity contribution is 5.88. The Bertz CT molecular complexity index is 578. The van der Waals surface area contributed by atoms with Crippen LogP contribution in [0.15, 0.2) is 30.4 Å². The summed E-state index contributed by atoms with van der Waals surface area (Å²) in [7, 11) is 1.20. The molecule has 1 rings (SSSR count). The molecule has 0 saturated heterocycles. The number of nitro benzene ring substituents is 1. The van der Waals surface area contributed by atoms with E-state index in [0.29, 0.717) is 5.56 Å². The molecule has 0 radical (unpaired) electrons. The van der Waals surface area contributed by atoms with E-state index in [2.05, 4.69) is 11.3 Å². The summed E-state index contributed by atoms with van der Waals surface area (Å²) in [6.07, 6.45) is -0.0169. The van der Waals surface area contributed by atoms with Gasteiger partial charge in [0.05, 0.1) is 12.0 Å². The number of nitro groups is 1. The fraction of sp³-hybridized carbons (Fsp3) is 0.231. The van der Waals surface area contributed by atoms with Crippen molar-refractivity contribution in [2.75, 3.05) is 7.11 Å². The SMILES string of the molecule is C=C(Cc1cccc([N+](=O)[O-])c1OC(C)=O)C(=O)OC. The van der Waals surface area contributed by atoms with Crippen molar-refractivity contribution in [3.05, 3.63) is 46.0 Å². The first-order valence-corrected chi connectivity index (χ1v) is 5.57. The van der Waals surface area contributed by atoms with Crippen molar-refractivity contribution < 1.29 is 24.0 Å². The Balaban J connectivity index is 3.21. The van der Waals surface area contributed by atoms with Crippen LogP contribution < -0.4 is 4.74 Å². The van der Waals surface area contributed by atoms with Crippen LogP contribution in [0, 0.1) is 10.1 Å². The number of benzene rings is 1. The number of carbonyl (C=O) groups excluding carboxylic acids is 2. The molecule has 0 fully saturated rings. The molecule has 0 spiro atoms. The van der Waals surface area contributed by atoms with Crippen LogP contribution in [0.2, 0.25) is 0 Å². The summed E-state index contributed by atoms with van der Waals surface area (Å²) >= 11 is 0. The second kappa shape index (κ2) is 6.46. The molecule has 7 heteroatoms. The number of methoxy groups -OCH3 is 1. The minimum Gasteiger partial charge on any atom is -0.466 e. The van der Waals surface area contributed by atoms with Crippen LogP contribution in [0.3, 0.4) is 0 Å². The molecular formula is C13H13NO6. The van der Waals surface area contributed by atoms with Crippen LogP contribution in [-0.4, -0.2) is 24.0 Å². The zero-order chi connectivity index (χ0) is 15.3. The molecule has 0 unspecified atom stereocenters. The fourth-order valence-corrected chi connectivity index (χ4v) is 1.56. The summed E-state index contributed by atoms with van der Waals surface area (Å²) in [6.45, 7) is 4.67. The van der Waals surface area contributed by atoms with E-state index in [0.717, 1.165) is 6.92 Å². The lowest BCUT2D eigenvalue weighted by Crippen LogP contribution is -2.10. The van der Waals surface area contributed by atoms with Gasteiger partial charge < -0.3 is 9.47 Å². The maximum absolute atomic E-state index is 11.3. The van der Waals surface area contributed by atoms with Crippen LogP contribution >= 0.6 is 0 Å². The molecular weight excluding hydrogens is 266 g/mol. The molecule has 0 amide bonds. The van der Waals surface area contributed by atoms with Gasteiger partial charge in [0.2, 0.25) is 5.75 Å². The van der Waals surface area contributed by atoms with E-state index >= 15 is 0 Å². The second-order valence-corrected chi connectivity index (χ2v) is 3.89. The lowest BCUT2D eigenvalue weighted by atomic mass is 10.0. The lowest BCUT2D eigenvalue weighted by molar-refractivity contribution is -0.385. The minimum atomic E-state index is -0.691. The summed E-state index contributed by atoms with van der Waals surface area (Å²) in [5.74, 6) is -1.51. The number of rotatable bonds is 5. The van der Waals surface area contributed by atoms with Gasteiger partial charge in [0.15, 0.2) is 0 Å². The molecule has 1 aromatic rings. The third-order valence-electron chi connectivity index (χ3n) is 2.40. The Morgan fingerprint density at radius 3 is 2.55 bits per heavy atom. The Morgan fingerprint density at radius 2 is 2.05 bits per heavy atom. The quantitative estimate of drug-likeness (QED) is 0.268. The number of hydrogen-bond acceptors (Lipinski definition) is 6. The average Bonchev–Trinajstić information content (AvgIpc) is 2.38. The molecule has 0 N–H and O–H groups in total. The standard InChI is InChI=1S/C13H13NO6/c1-8(13(16)19-3)7-10-5-4-6-11(14(17)18)12(10)20-9(2)15/h4-6H,1,7H2,2-3H3. The number of esters is 2. The van der Waals surface area contributed by atoms with Gasteiger partial charge >= 0.3 is 17.6 Å². The zero-order valence-electron chi connectivity index (χ0n) is 11.0. The van der Waals surface area contributed by atoms with E-state index in [-0.39, 0.29) is 23.4 Å². The van der Waals surface area contributed by atoms with Crippen molar-refractivity contribution in [2.45, 2.75) is 13.3 Å². The summed E-state index contributed by atoms with van der Waals surface area (Å²) in [6, 6.07) is 4.16. The van der Waals surface area contributed by atoms with Gasteiger partial charge in [-0.25, -0.2) is 4.79 Å². The maximum Gasteiger partial charge on any atom is 0.333 e. The molecule has 106 valence electrons. The van der Waals surface area contributed by atoms with Crippen LogP contribution in [-0.2, 0) is 20.7 Å². The van der Waals surface area contributed by atoms with Crippen LogP contribution in [0.5, 0.6) is 5.75 Å². The van der Waals surface area contributed by atoms with E-state index in [1.165, 1.54) is 25.3 Å². The molecule has 0 heterocycles. The first-order valence-electron chi connectivity index (χ1n) is 5.57. The smallest absolute Gasteiger partial charge is 0.333 e. The van der Waals surface area contributed by atoms with E-state index in [1.54, 1.807) is 0 Å². The van der Waals surface area contributed by atoms with Crippen LogP contribution in [0.4, 0.5) is 5.69 Å². The predicted molar refractivity (Wildman–Crippen MR) is 69.3 cm³/mol. The molecule has 0 atom stereocenters. The molecule has 7 nitrogen and oxygen atoms in total. The summed E-state index contributed by atoms with van der Waals surface area (Å²) in [4.78, 5) is 32.6. The van der Waals surface area contributed by atoms with Crippen LogP contribution in [0.1, 0.15) is 12.5 Å². The first kappa shape index (κ1) is 15.4. The summed E-state index contributed by atoms with van der Waals surface area (Å²) < 4.78 is 9.38. The summed E-state index contributed by atoms with van der Waals surface area (Å²) in [5.41, 5.74) is 0.0570. The Kier molecular flexibility index (Phi) is 4.96. The normalized spacial score (nSPS) is 9.70. The van der Waals surface area contributed by atoms with Crippen molar-refractivity contribution in [3.63, 3.8) is 0 Å². The van der Waals surface area contributed by atoms with Gasteiger partial charge in [0.25, 0.3) is 0 Å². The van der Waals surface area contributed by atoms with E-state index in [9.17, 15) is 19.7 Å². The topological polar surface area (TPSA) is 95.7 Å². The van der Waals surface area contributed by atoms with Crippen molar-refractivity contribution in [2.24, 2.45) is 0 Å². The average molecular weight is 279 g/mol. The molecule has 0 saturated carbocycles. The number of nitrogens with zero attached hydrogens (tertiary/aromatic N) is 1. The highest BCUT2D eigenvalue weighted by Gasteiger charge is 2.22. The molecule has 0 aliphatic carbocycles. The van der Waals surface area contributed by atoms with Gasteiger partial charge in [-0.15, -0.1) is 0 Å². The van der Waals surface area contributed by atoms with Gasteiger partial charge in [0.1, 0.15) is 0 Å². The fourth-order valence-electron chi connectivity index (χ4n) is 1.56. The minimum absolute atomic E-state index is 0.0169. The van der Waals surface area contributed by atoms with Gasteiger partial charge in [-0.05, 0) is 0 Å². The number of ether oxygens (including phenoxy) is 2. The van der Waals surface area contributed by atoms with E-state index in [4.69, 9.17) is 4.74 Å². The first-order chi connectivity index (χ1) is 9.36.